The minimum Gasteiger partial charge on any atom is -0.400 e. The van der Waals surface area contributed by atoms with E-state index in [-0.39, 0.29) is 28.9 Å². The van der Waals surface area contributed by atoms with Gasteiger partial charge < -0.3 is 4.42 Å². The molecule has 0 saturated carbocycles. The van der Waals surface area contributed by atoms with E-state index in [1.165, 1.54) is 47.4 Å². The van der Waals surface area contributed by atoms with Crippen molar-refractivity contribution in [2.75, 3.05) is 11.3 Å². The summed E-state index contributed by atoms with van der Waals surface area (Å²) in [6.07, 6.45) is 4.07. The molecule has 0 aliphatic carbocycles. The van der Waals surface area contributed by atoms with Crippen molar-refractivity contribution in [3.05, 3.63) is 75.7 Å². The van der Waals surface area contributed by atoms with Crippen molar-refractivity contribution in [2.45, 2.75) is 11.4 Å². The maximum Gasteiger partial charge on any atom is 0.433 e. The Kier molecular flexibility index (Phi) is 6.39. The number of thiazole rings is 1. The smallest absolute Gasteiger partial charge is 0.400 e. The van der Waals surface area contributed by atoms with Crippen LogP contribution in [-0.2, 0) is 21.4 Å². The summed E-state index contributed by atoms with van der Waals surface area (Å²) in [6, 6.07) is 7.56. The fourth-order valence-corrected chi connectivity index (χ4v) is 5.08. The molecule has 194 valence electrons. The lowest BCUT2D eigenvalue weighted by Crippen LogP contribution is -2.31. The number of carbonyl (C=O) groups excluding carboxylic acids is 2. The van der Waals surface area contributed by atoms with Crippen molar-refractivity contribution in [1.82, 2.24) is 29.9 Å². The minimum absolute atomic E-state index is 0.0230. The second kappa shape index (κ2) is 9.82. The molecule has 38 heavy (non-hydrogen) atoms. The Morgan fingerprint density at radius 2 is 2.00 bits per heavy atom. The number of nitro groups is 1. The standard InChI is InChI=1S/C20H15N9O7S2/c30-17-12-28(22-9-15-3-6-18(36-15)29(32)33)20(31)26(17)10-13-11-27(25-23-13)14-1-4-16(5-2-14)38(34,35)24-19-21-7-8-37-19/h1-9,11H,10,12H2,(H,21,24)/b22-9+. The van der Waals surface area contributed by atoms with Crippen LogP contribution in [0.4, 0.5) is 15.8 Å². The maximum atomic E-state index is 12.6. The number of benzene rings is 1. The Morgan fingerprint density at radius 1 is 1.21 bits per heavy atom. The van der Waals surface area contributed by atoms with E-state index in [2.05, 4.69) is 25.1 Å². The van der Waals surface area contributed by atoms with Gasteiger partial charge >= 0.3 is 11.9 Å². The number of imide groups is 1. The highest BCUT2D eigenvalue weighted by molar-refractivity contribution is 7.93. The molecule has 16 nitrogen and oxygen atoms in total. The molecule has 1 fully saturated rings. The molecule has 5 rings (SSSR count). The van der Waals surface area contributed by atoms with Crippen LogP contribution in [0.5, 0.6) is 0 Å². The molecule has 1 aliphatic rings. The number of sulfonamides is 1. The normalized spacial score (nSPS) is 14.1. The second-order valence-electron chi connectivity index (χ2n) is 7.59. The molecule has 1 aromatic carbocycles. The third kappa shape index (κ3) is 5.11. The van der Waals surface area contributed by atoms with Gasteiger partial charge in [-0.15, -0.1) is 16.4 Å². The van der Waals surface area contributed by atoms with Gasteiger partial charge in [-0.25, -0.2) is 27.9 Å². The summed E-state index contributed by atoms with van der Waals surface area (Å²) in [7, 11) is -3.82. The maximum absolute atomic E-state index is 12.6. The molecule has 0 unspecified atom stereocenters. The first-order valence-corrected chi connectivity index (χ1v) is 12.9. The van der Waals surface area contributed by atoms with Gasteiger partial charge in [0.25, 0.3) is 15.9 Å². The number of carbonyl (C=O) groups is 2. The quantitative estimate of drug-likeness (QED) is 0.137. The highest BCUT2D eigenvalue weighted by Crippen LogP contribution is 2.20. The molecule has 1 saturated heterocycles. The first-order valence-electron chi connectivity index (χ1n) is 10.5. The Hall–Kier alpha value is -4.97. The van der Waals surface area contributed by atoms with Crippen molar-refractivity contribution in [3.63, 3.8) is 0 Å². The fraction of sp³-hybridized carbons (Fsp3) is 0.100. The Balaban J connectivity index is 1.23. The summed E-state index contributed by atoms with van der Waals surface area (Å²) in [4.78, 5) is 39.8. The van der Waals surface area contributed by atoms with Crippen LogP contribution >= 0.6 is 11.3 Å². The summed E-state index contributed by atoms with van der Waals surface area (Å²) < 4.78 is 33.7. The van der Waals surface area contributed by atoms with Crippen molar-refractivity contribution < 1.29 is 27.3 Å². The van der Waals surface area contributed by atoms with Crippen LogP contribution in [0.3, 0.4) is 0 Å². The van der Waals surface area contributed by atoms with Gasteiger partial charge in [-0.1, -0.05) is 5.21 Å². The third-order valence-corrected chi connectivity index (χ3v) is 7.25. The number of anilines is 1. The van der Waals surface area contributed by atoms with Crippen LogP contribution < -0.4 is 4.72 Å². The summed E-state index contributed by atoms with van der Waals surface area (Å²) in [5.41, 5.74) is 0.788. The Morgan fingerprint density at radius 3 is 2.68 bits per heavy atom. The van der Waals surface area contributed by atoms with Crippen LogP contribution in [0, 0.1) is 10.1 Å². The number of hydrogen-bond acceptors (Lipinski definition) is 12. The molecule has 1 N–H and O–H groups in total. The number of urea groups is 1. The summed E-state index contributed by atoms with van der Waals surface area (Å²) >= 11 is 1.15. The zero-order valence-electron chi connectivity index (χ0n) is 18.9. The number of amides is 3. The fourth-order valence-electron chi connectivity index (χ4n) is 3.29. The van der Waals surface area contributed by atoms with E-state index in [4.69, 9.17) is 4.42 Å². The van der Waals surface area contributed by atoms with E-state index in [0.717, 1.165) is 33.5 Å². The molecule has 3 amide bonds. The van der Waals surface area contributed by atoms with Gasteiger partial charge in [-0.2, -0.15) is 5.10 Å². The molecule has 3 aromatic heterocycles. The van der Waals surface area contributed by atoms with Crippen LogP contribution in [0.1, 0.15) is 11.5 Å². The lowest BCUT2D eigenvalue weighted by Gasteiger charge is -2.11. The molecule has 1 aliphatic heterocycles. The van der Waals surface area contributed by atoms with Crippen LogP contribution in [0.25, 0.3) is 5.69 Å². The van der Waals surface area contributed by atoms with Crippen LogP contribution in [-0.4, -0.2) is 67.9 Å². The third-order valence-electron chi connectivity index (χ3n) is 5.08. The highest BCUT2D eigenvalue weighted by atomic mass is 32.2. The molecular weight excluding hydrogens is 542 g/mol. The number of nitrogens with zero attached hydrogens (tertiary/aromatic N) is 8. The monoisotopic (exact) mass is 557 g/mol. The van der Waals surface area contributed by atoms with Gasteiger partial charge in [0.2, 0.25) is 0 Å². The van der Waals surface area contributed by atoms with Crippen molar-refractivity contribution in [2.24, 2.45) is 5.10 Å². The number of nitrogens with one attached hydrogen (secondary N) is 1. The lowest BCUT2D eigenvalue weighted by atomic mass is 10.3. The highest BCUT2D eigenvalue weighted by Gasteiger charge is 2.36. The molecule has 4 aromatic rings. The largest absolute Gasteiger partial charge is 0.433 e. The molecule has 18 heteroatoms. The number of hydrogen-bond donors (Lipinski definition) is 1. The molecule has 0 atom stereocenters. The van der Waals surface area contributed by atoms with E-state index >= 15 is 0 Å². The van der Waals surface area contributed by atoms with E-state index < -0.39 is 32.8 Å². The van der Waals surface area contributed by atoms with Crippen molar-refractivity contribution in [1.29, 1.82) is 0 Å². The topological polar surface area (TPSA) is 199 Å². The minimum atomic E-state index is -3.82. The summed E-state index contributed by atoms with van der Waals surface area (Å²) in [5.74, 6) is -0.978. The lowest BCUT2D eigenvalue weighted by molar-refractivity contribution is -0.402. The summed E-state index contributed by atoms with van der Waals surface area (Å²) in [6.45, 7) is -0.517. The second-order valence-corrected chi connectivity index (χ2v) is 10.2. The van der Waals surface area contributed by atoms with Gasteiger partial charge in [0.1, 0.15) is 17.2 Å². The number of furan rings is 1. The Bertz CT molecular complexity index is 1640. The first-order chi connectivity index (χ1) is 18.2. The molecule has 0 spiro atoms. The molecule has 0 radical (unpaired) electrons. The van der Waals surface area contributed by atoms with E-state index in [9.17, 15) is 28.1 Å². The van der Waals surface area contributed by atoms with Gasteiger partial charge in [0.05, 0.1) is 35.6 Å². The average Bonchev–Trinajstić information content (AvgIpc) is 3.69. The predicted octanol–water partition coefficient (Wildman–Crippen LogP) is 1.82. The molecule has 0 bridgehead atoms. The Labute approximate surface area is 217 Å². The van der Waals surface area contributed by atoms with E-state index in [1.54, 1.807) is 5.38 Å². The van der Waals surface area contributed by atoms with E-state index in [0.29, 0.717) is 11.4 Å². The van der Waals surface area contributed by atoms with Crippen molar-refractivity contribution >= 4 is 50.5 Å². The van der Waals surface area contributed by atoms with Gasteiger partial charge in [-0.05, 0) is 30.3 Å². The molecular formula is C20H15N9O7S2. The van der Waals surface area contributed by atoms with Gasteiger partial charge in [0.15, 0.2) is 10.9 Å². The SMILES string of the molecule is O=C1CN(/N=C/c2ccc([N+](=O)[O-])o2)C(=O)N1Cc1cn(-c2ccc(S(=O)(=O)Nc3nccs3)cc2)nn1. The molecule has 4 heterocycles. The van der Waals surface area contributed by atoms with Gasteiger partial charge in [0, 0.05) is 11.6 Å². The summed E-state index contributed by atoms with van der Waals surface area (Å²) in [5, 5.41) is 25.3. The predicted molar refractivity (Wildman–Crippen MR) is 130 cm³/mol. The number of rotatable bonds is 9. The number of hydrazone groups is 1. The average molecular weight is 558 g/mol. The van der Waals surface area contributed by atoms with E-state index in [1.807, 2.05) is 0 Å². The first kappa shape index (κ1) is 24.7. The van der Waals surface area contributed by atoms with Gasteiger partial charge in [-0.3, -0.25) is 24.5 Å². The zero-order chi connectivity index (χ0) is 26.9. The van der Waals surface area contributed by atoms with Crippen LogP contribution in [0.15, 0.2) is 68.6 Å². The zero-order valence-corrected chi connectivity index (χ0v) is 20.6. The van der Waals surface area contributed by atoms with Crippen LogP contribution in [0.2, 0.25) is 0 Å². The number of aromatic nitrogens is 4. The van der Waals surface area contributed by atoms with Crippen molar-refractivity contribution in [3.8, 4) is 5.69 Å².